The summed E-state index contributed by atoms with van der Waals surface area (Å²) in [6.45, 7) is 1.46. The van der Waals surface area contributed by atoms with Crippen LogP contribution in [0, 0.1) is 0 Å². The number of carbonyl (C=O) groups is 1. The summed E-state index contributed by atoms with van der Waals surface area (Å²) >= 11 is 11.4. The number of ketones is 1. The van der Waals surface area contributed by atoms with Crippen molar-refractivity contribution in [3.8, 4) is 0 Å². The van der Waals surface area contributed by atoms with E-state index in [-0.39, 0.29) is 5.78 Å². The van der Waals surface area contributed by atoms with E-state index in [2.05, 4.69) is 0 Å². The van der Waals surface area contributed by atoms with E-state index in [9.17, 15) is 4.79 Å². The van der Waals surface area contributed by atoms with E-state index in [1.807, 2.05) is 0 Å². The topological polar surface area (TPSA) is 17.1 Å². The molecular weight excluding hydrogens is 190 g/mol. The van der Waals surface area contributed by atoms with Gasteiger partial charge in [-0.3, -0.25) is 4.79 Å². The molecule has 58 valence electrons. The molecule has 11 heavy (non-hydrogen) atoms. The lowest BCUT2D eigenvalue weighted by Crippen LogP contribution is -1.92. The van der Waals surface area contributed by atoms with Crippen LogP contribution >= 0.6 is 23.2 Å². The second-order valence-electron chi connectivity index (χ2n) is 2.18. The Labute approximate surface area is 74.9 Å². The normalized spacial score (nSPS) is 9.73. The Bertz CT molecular complexity index is 294. The van der Waals surface area contributed by atoms with Crippen LogP contribution < -0.4 is 0 Å². The summed E-state index contributed by atoms with van der Waals surface area (Å²) in [6, 6.07) is 4.82. The molecule has 0 bridgehead atoms. The molecule has 0 aliphatic carbocycles. The molecule has 0 unspecified atom stereocenters. The molecule has 0 heterocycles. The molecule has 1 aromatic rings. The van der Waals surface area contributed by atoms with Crippen molar-refractivity contribution in [1.29, 1.82) is 0 Å². The van der Waals surface area contributed by atoms with Crippen LogP contribution in [0.4, 0.5) is 0 Å². The first-order chi connectivity index (χ1) is 5.11. The zero-order chi connectivity index (χ0) is 8.43. The highest BCUT2D eigenvalue weighted by Crippen LogP contribution is 2.20. The molecule has 0 saturated carbocycles. The van der Waals surface area contributed by atoms with Crippen molar-refractivity contribution in [2.45, 2.75) is 6.92 Å². The van der Waals surface area contributed by atoms with Crippen LogP contribution in [-0.4, -0.2) is 5.78 Å². The molecule has 0 radical (unpaired) electrons. The smallest absolute Gasteiger partial charge is 0.161 e. The second kappa shape index (κ2) is 3.24. The summed E-state index contributed by atoms with van der Waals surface area (Å²) in [5.74, 6) is -0.0718. The average Bonchev–Trinajstić information content (AvgIpc) is 1.94. The summed E-state index contributed by atoms with van der Waals surface area (Å²) in [5, 5.41) is 0.974. The molecule has 3 heteroatoms. The van der Waals surface area contributed by atoms with Gasteiger partial charge in [0.1, 0.15) is 0 Å². The monoisotopic (exact) mass is 195 g/mol. The second-order valence-corrected chi connectivity index (χ2v) is 3.02. The number of benzene rings is 1. The average molecular weight is 196 g/mol. The van der Waals surface area contributed by atoms with Gasteiger partial charge in [-0.25, -0.2) is 0 Å². The van der Waals surface area contributed by atoms with Crippen molar-refractivity contribution in [1.82, 2.24) is 0 Å². The zero-order valence-corrected chi connectivity index (χ0v) is 7.41. The van der Waals surface area contributed by atoms with E-state index in [1.54, 1.807) is 18.2 Å². The third kappa shape index (κ3) is 1.95. The van der Waals surface area contributed by atoms with Crippen molar-refractivity contribution < 1.29 is 4.79 Å². The standard InChI is InChI=1S/C8H6Cl2O/c1-5(11)7-4-6(9)2-3-8(7)10/h2-4H,1H3/i2+1,3+1,4+1,5+1,6+1,7+1,8+1. The molecule has 0 saturated heterocycles. The number of hydrogen-bond acceptors (Lipinski definition) is 1. The van der Waals surface area contributed by atoms with Crippen molar-refractivity contribution in [3.05, 3.63) is 33.8 Å². The Balaban J connectivity index is 3.23. The van der Waals surface area contributed by atoms with Gasteiger partial charge in [0.2, 0.25) is 0 Å². The fourth-order valence-electron chi connectivity index (χ4n) is 0.767. The minimum Gasteiger partial charge on any atom is -0.294 e. The highest BCUT2D eigenvalue weighted by Gasteiger charge is 2.04. The maximum Gasteiger partial charge on any atom is 0.161 e. The van der Waals surface area contributed by atoms with Gasteiger partial charge < -0.3 is 0 Å². The first-order valence-corrected chi connectivity index (χ1v) is 3.83. The van der Waals surface area contributed by atoms with E-state index < -0.39 is 0 Å². The lowest BCUT2D eigenvalue weighted by atomic mass is 11.0. The molecule has 0 aliphatic rings. The maximum absolute atomic E-state index is 10.9. The van der Waals surface area contributed by atoms with Crippen molar-refractivity contribution in [3.63, 3.8) is 0 Å². The predicted molar refractivity (Wildman–Crippen MR) is 46.5 cm³/mol. The van der Waals surface area contributed by atoms with Crippen LogP contribution in [0.2, 0.25) is 10.0 Å². The Morgan fingerprint density at radius 3 is 2.45 bits per heavy atom. The summed E-state index contributed by atoms with van der Waals surface area (Å²) in [7, 11) is 0. The molecule has 1 aromatic carbocycles. The van der Waals surface area contributed by atoms with Gasteiger partial charge in [0.15, 0.2) is 5.78 Å². The van der Waals surface area contributed by atoms with E-state index >= 15 is 0 Å². The molecule has 0 spiro atoms. The van der Waals surface area contributed by atoms with Gasteiger partial charge in [-0.1, -0.05) is 23.2 Å². The first-order valence-electron chi connectivity index (χ1n) is 3.07. The molecule has 0 aliphatic heterocycles. The van der Waals surface area contributed by atoms with Crippen LogP contribution in [0.15, 0.2) is 18.2 Å². The van der Waals surface area contributed by atoms with E-state index in [1.165, 1.54) is 6.92 Å². The summed E-state index contributed by atoms with van der Waals surface area (Å²) in [5.41, 5.74) is 0.471. The number of rotatable bonds is 1. The molecule has 0 N–H and O–H groups in total. The minimum absolute atomic E-state index is 0.0718. The highest BCUT2D eigenvalue weighted by molar-refractivity contribution is 6.35. The van der Waals surface area contributed by atoms with Gasteiger partial charge in [0.25, 0.3) is 0 Å². The van der Waals surface area contributed by atoms with Gasteiger partial charge in [0, 0.05) is 10.6 Å². The predicted octanol–water partition coefficient (Wildman–Crippen LogP) is 3.20. The summed E-state index contributed by atoms with van der Waals surface area (Å²) in [6.07, 6.45) is 0. The Kier molecular flexibility index (Phi) is 2.53. The van der Waals surface area contributed by atoms with Gasteiger partial charge in [0.05, 0.1) is 5.02 Å². The van der Waals surface area contributed by atoms with Crippen LogP contribution in [0.1, 0.15) is 17.3 Å². The summed E-state index contributed by atoms with van der Waals surface area (Å²) in [4.78, 5) is 10.9. The van der Waals surface area contributed by atoms with Crippen molar-refractivity contribution in [2.75, 3.05) is 0 Å². The maximum atomic E-state index is 10.9. The van der Waals surface area contributed by atoms with Crippen molar-refractivity contribution >= 4 is 29.0 Å². The van der Waals surface area contributed by atoms with Gasteiger partial charge in [-0.05, 0) is 25.1 Å². The number of hydrogen-bond donors (Lipinski definition) is 0. The molecule has 0 atom stereocenters. The van der Waals surface area contributed by atoms with Gasteiger partial charge >= 0.3 is 0 Å². The zero-order valence-electron chi connectivity index (χ0n) is 5.90. The van der Waals surface area contributed by atoms with E-state index in [0.717, 1.165) is 0 Å². The minimum atomic E-state index is -0.0718. The lowest BCUT2D eigenvalue weighted by Gasteiger charge is -1.98. The van der Waals surface area contributed by atoms with Crippen LogP contribution in [0.5, 0.6) is 0 Å². The van der Waals surface area contributed by atoms with Crippen molar-refractivity contribution in [2.24, 2.45) is 0 Å². The van der Waals surface area contributed by atoms with E-state index in [0.29, 0.717) is 15.6 Å². The molecule has 0 aromatic heterocycles. The third-order valence-corrected chi connectivity index (χ3v) is 1.87. The molecule has 1 nitrogen and oxygen atoms in total. The number of halogens is 2. The Morgan fingerprint density at radius 1 is 1.36 bits per heavy atom. The van der Waals surface area contributed by atoms with Crippen LogP contribution in [0.25, 0.3) is 0 Å². The van der Waals surface area contributed by atoms with Gasteiger partial charge in [-0.2, -0.15) is 0 Å². The fourth-order valence-corrected chi connectivity index (χ4v) is 1.19. The molecule has 0 fully saturated rings. The molecular formula is C8H6Cl2O. The SMILES string of the molecule is C[13C](=O)[13c]1[13cH][13c](Cl)[13cH][13cH][13c]1Cl. The van der Waals surface area contributed by atoms with Crippen LogP contribution in [-0.2, 0) is 0 Å². The quantitative estimate of drug-likeness (QED) is 0.497. The largest absolute Gasteiger partial charge is 0.294 e. The highest BCUT2D eigenvalue weighted by atomic mass is 35.5. The van der Waals surface area contributed by atoms with Crippen LogP contribution in [0.3, 0.4) is 0 Å². The van der Waals surface area contributed by atoms with E-state index in [4.69, 9.17) is 23.2 Å². The molecule has 0 amide bonds. The first kappa shape index (κ1) is 8.57. The summed E-state index contributed by atoms with van der Waals surface area (Å²) < 4.78 is 0. The fraction of sp³-hybridized carbons (Fsp3) is 0.125. The third-order valence-electron chi connectivity index (χ3n) is 1.31. The molecule has 1 rings (SSSR count). The number of carbonyl (C=O) groups excluding carboxylic acids is 1. The Hall–Kier alpha value is -0.530. The lowest BCUT2D eigenvalue weighted by molar-refractivity contribution is 0.101. The Morgan fingerprint density at radius 2 is 2.00 bits per heavy atom. The van der Waals surface area contributed by atoms with Gasteiger partial charge in [-0.15, -0.1) is 0 Å². The number of Topliss-reactive ketones (excluding diaryl/α,β-unsaturated/α-hetero) is 1.